The van der Waals surface area contributed by atoms with E-state index in [1.54, 1.807) is 11.3 Å². The van der Waals surface area contributed by atoms with Crippen molar-refractivity contribution in [2.45, 2.75) is 12.5 Å². The van der Waals surface area contributed by atoms with Crippen molar-refractivity contribution in [1.82, 2.24) is 5.32 Å². The summed E-state index contributed by atoms with van der Waals surface area (Å²) in [5.41, 5.74) is 6.16. The van der Waals surface area contributed by atoms with E-state index in [0.717, 1.165) is 17.6 Å². The maximum atomic E-state index is 6.16. The maximum absolute atomic E-state index is 6.16. The Balaban J connectivity index is 2.07. The van der Waals surface area contributed by atoms with Crippen LogP contribution in [0.5, 0.6) is 0 Å². The van der Waals surface area contributed by atoms with E-state index >= 15 is 0 Å². The third-order valence-corrected chi connectivity index (χ3v) is 4.32. The van der Waals surface area contributed by atoms with Crippen LogP contribution in [0.3, 0.4) is 0 Å². The Kier molecular flexibility index (Phi) is 3.03. The number of rotatable bonds is 2. The van der Waals surface area contributed by atoms with Crippen LogP contribution in [0.4, 0.5) is 0 Å². The van der Waals surface area contributed by atoms with Gasteiger partial charge in [-0.3, -0.25) is 0 Å². The lowest BCUT2D eigenvalue weighted by atomic mass is 9.99. The Morgan fingerprint density at radius 2 is 2.54 bits per heavy atom. The van der Waals surface area contributed by atoms with E-state index in [-0.39, 0.29) is 6.04 Å². The van der Waals surface area contributed by atoms with Gasteiger partial charge >= 0.3 is 0 Å². The molecule has 1 aliphatic rings. The molecule has 0 radical (unpaired) electrons. The van der Waals surface area contributed by atoms with Crippen molar-refractivity contribution in [2.24, 2.45) is 11.7 Å². The molecule has 2 rings (SSSR count). The average Bonchev–Trinajstić information content (AvgIpc) is 2.72. The zero-order chi connectivity index (χ0) is 9.26. The highest BCUT2D eigenvalue weighted by Crippen LogP contribution is 2.30. The molecule has 0 amide bonds. The lowest BCUT2D eigenvalue weighted by Crippen LogP contribution is -2.22. The summed E-state index contributed by atoms with van der Waals surface area (Å²) in [7, 11) is 0. The first-order chi connectivity index (χ1) is 6.27. The fourth-order valence-electron chi connectivity index (χ4n) is 1.72. The number of halogens is 1. The molecule has 2 nitrogen and oxygen atoms in total. The predicted molar refractivity (Wildman–Crippen MR) is 59.9 cm³/mol. The molecule has 1 aromatic rings. The van der Waals surface area contributed by atoms with Crippen molar-refractivity contribution in [3.8, 4) is 0 Å². The summed E-state index contributed by atoms with van der Waals surface area (Å²) >= 11 is 5.19. The van der Waals surface area contributed by atoms with Crippen molar-refractivity contribution in [3.05, 3.63) is 20.8 Å². The molecule has 1 aliphatic heterocycles. The van der Waals surface area contributed by atoms with Gasteiger partial charge in [0.2, 0.25) is 0 Å². The summed E-state index contributed by atoms with van der Waals surface area (Å²) in [4.78, 5) is 1.29. The topological polar surface area (TPSA) is 38.0 Å². The van der Waals surface area contributed by atoms with Gasteiger partial charge in [0.05, 0.1) is 0 Å². The van der Waals surface area contributed by atoms with E-state index in [0.29, 0.717) is 5.92 Å². The SMILES string of the molecule is NC(c1cc(Br)cs1)C1CCNC1. The fraction of sp³-hybridized carbons (Fsp3) is 0.556. The van der Waals surface area contributed by atoms with Gasteiger partial charge in [0.25, 0.3) is 0 Å². The van der Waals surface area contributed by atoms with Crippen molar-refractivity contribution in [1.29, 1.82) is 0 Å². The lowest BCUT2D eigenvalue weighted by Gasteiger charge is -2.16. The molecule has 13 heavy (non-hydrogen) atoms. The summed E-state index contributed by atoms with van der Waals surface area (Å²) < 4.78 is 1.15. The molecular formula is C9H13BrN2S. The molecular weight excluding hydrogens is 248 g/mol. The Bertz CT molecular complexity index is 281. The number of hydrogen-bond acceptors (Lipinski definition) is 3. The molecule has 0 aliphatic carbocycles. The Hall–Kier alpha value is 0.1000. The molecule has 4 heteroatoms. The Labute approximate surface area is 90.6 Å². The van der Waals surface area contributed by atoms with Crippen molar-refractivity contribution in [2.75, 3.05) is 13.1 Å². The Morgan fingerprint density at radius 3 is 3.08 bits per heavy atom. The minimum Gasteiger partial charge on any atom is -0.323 e. The largest absolute Gasteiger partial charge is 0.323 e. The first-order valence-electron chi connectivity index (χ1n) is 4.47. The molecule has 0 aromatic carbocycles. The molecule has 72 valence electrons. The quantitative estimate of drug-likeness (QED) is 0.855. The summed E-state index contributed by atoms with van der Waals surface area (Å²) in [6, 6.07) is 2.35. The summed E-state index contributed by atoms with van der Waals surface area (Å²) in [5.74, 6) is 0.616. The van der Waals surface area contributed by atoms with Crippen LogP contribution in [0, 0.1) is 5.92 Å². The van der Waals surface area contributed by atoms with Crippen LogP contribution in [0.2, 0.25) is 0 Å². The molecule has 1 fully saturated rings. The van der Waals surface area contributed by atoms with Gasteiger partial charge in [-0.2, -0.15) is 0 Å². The van der Waals surface area contributed by atoms with Gasteiger partial charge in [-0.15, -0.1) is 11.3 Å². The second kappa shape index (κ2) is 4.09. The number of thiophene rings is 1. The molecule has 3 N–H and O–H groups in total. The van der Waals surface area contributed by atoms with E-state index in [1.165, 1.54) is 11.3 Å². The van der Waals surface area contributed by atoms with Gasteiger partial charge < -0.3 is 11.1 Å². The molecule has 1 aromatic heterocycles. The van der Waals surface area contributed by atoms with Gasteiger partial charge in [0.1, 0.15) is 0 Å². The normalized spacial score (nSPS) is 24.9. The standard InChI is InChI=1S/C9H13BrN2S/c10-7-3-8(13-5-7)9(11)6-1-2-12-4-6/h3,5-6,9,12H,1-2,4,11H2. The first kappa shape index (κ1) is 9.65. The maximum Gasteiger partial charge on any atom is 0.0431 e. The van der Waals surface area contributed by atoms with Gasteiger partial charge in [-0.05, 0) is 47.4 Å². The van der Waals surface area contributed by atoms with Crippen molar-refractivity contribution in [3.63, 3.8) is 0 Å². The van der Waals surface area contributed by atoms with Gasteiger partial charge in [-0.25, -0.2) is 0 Å². The highest BCUT2D eigenvalue weighted by Gasteiger charge is 2.23. The van der Waals surface area contributed by atoms with Crippen LogP contribution in [0.1, 0.15) is 17.3 Å². The van der Waals surface area contributed by atoms with Crippen molar-refractivity contribution < 1.29 is 0 Å². The smallest absolute Gasteiger partial charge is 0.0431 e. The van der Waals surface area contributed by atoms with Crippen LogP contribution < -0.4 is 11.1 Å². The van der Waals surface area contributed by atoms with Gasteiger partial charge in [0.15, 0.2) is 0 Å². The number of hydrogen-bond donors (Lipinski definition) is 2. The predicted octanol–water partition coefficient (Wildman–Crippen LogP) is 2.12. The first-order valence-corrected chi connectivity index (χ1v) is 6.15. The zero-order valence-corrected chi connectivity index (χ0v) is 9.70. The van der Waals surface area contributed by atoms with Crippen LogP contribution >= 0.6 is 27.3 Å². The molecule has 2 heterocycles. The van der Waals surface area contributed by atoms with E-state index in [9.17, 15) is 0 Å². The number of nitrogens with one attached hydrogen (secondary N) is 1. The molecule has 0 saturated carbocycles. The fourth-order valence-corrected chi connectivity index (χ4v) is 3.26. The number of nitrogens with two attached hydrogens (primary N) is 1. The van der Waals surface area contributed by atoms with Gasteiger partial charge in [0, 0.05) is 20.8 Å². The highest BCUT2D eigenvalue weighted by atomic mass is 79.9. The van der Waals surface area contributed by atoms with Crippen molar-refractivity contribution >= 4 is 27.3 Å². The van der Waals surface area contributed by atoms with Crippen LogP contribution in [-0.4, -0.2) is 13.1 Å². The van der Waals surface area contributed by atoms with Gasteiger partial charge in [-0.1, -0.05) is 0 Å². The second-order valence-electron chi connectivity index (χ2n) is 3.45. The Morgan fingerprint density at radius 1 is 1.69 bits per heavy atom. The second-order valence-corrected chi connectivity index (χ2v) is 5.30. The van der Waals surface area contributed by atoms with E-state index < -0.39 is 0 Å². The monoisotopic (exact) mass is 260 g/mol. The summed E-state index contributed by atoms with van der Waals surface area (Å²) in [6.07, 6.45) is 1.21. The summed E-state index contributed by atoms with van der Waals surface area (Å²) in [6.45, 7) is 2.18. The lowest BCUT2D eigenvalue weighted by molar-refractivity contribution is 0.476. The van der Waals surface area contributed by atoms with E-state index in [2.05, 4.69) is 32.7 Å². The van der Waals surface area contributed by atoms with E-state index in [1.807, 2.05) is 0 Å². The summed E-state index contributed by atoms with van der Waals surface area (Å²) in [5, 5.41) is 5.44. The average molecular weight is 261 g/mol. The van der Waals surface area contributed by atoms with Crippen LogP contribution in [-0.2, 0) is 0 Å². The molecule has 2 atom stereocenters. The molecule has 2 unspecified atom stereocenters. The van der Waals surface area contributed by atoms with Crippen LogP contribution in [0.15, 0.2) is 15.9 Å². The molecule has 0 spiro atoms. The zero-order valence-electron chi connectivity index (χ0n) is 7.29. The third kappa shape index (κ3) is 2.13. The third-order valence-electron chi connectivity index (χ3n) is 2.52. The van der Waals surface area contributed by atoms with E-state index in [4.69, 9.17) is 5.73 Å². The molecule has 1 saturated heterocycles. The minimum atomic E-state index is 0.214. The highest BCUT2D eigenvalue weighted by molar-refractivity contribution is 9.10. The molecule has 0 bridgehead atoms. The minimum absolute atomic E-state index is 0.214. The van der Waals surface area contributed by atoms with Crippen LogP contribution in [0.25, 0.3) is 0 Å².